The van der Waals surface area contributed by atoms with Crippen molar-refractivity contribution in [1.29, 1.82) is 0 Å². The molecule has 0 unspecified atom stereocenters. The molecule has 4 rings (SSSR count). The van der Waals surface area contributed by atoms with Gasteiger partial charge in [0.25, 0.3) is 5.91 Å². The normalized spacial score (nSPS) is 10.8. The number of amides is 1. The first-order chi connectivity index (χ1) is 14.5. The molecular weight excluding hydrogens is 492 g/mol. The molecule has 0 radical (unpaired) electrons. The zero-order valence-electron chi connectivity index (χ0n) is 15.8. The lowest BCUT2D eigenvalue weighted by Gasteiger charge is -2.09. The third-order valence-corrected chi connectivity index (χ3v) is 5.62. The molecule has 11 heteroatoms. The lowest BCUT2D eigenvalue weighted by Crippen LogP contribution is -2.11. The van der Waals surface area contributed by atoms with Crippen molar-refractivity contribution >= 4 is 50.1 Å². The Labute approximate surface area is 189 Å². The Morgan fingerprint density at radius 2 is 2.00 bits per heavy atom. The van der Waals surface area contributed by atoms with Gasteiger partial charge in [-0.15, -0.1) is 5.10 Å². The van der Waals surface area contributed by atoms with Crippen LogP contribution in [0.2, 0.25) is 5.02 Å². The van der Waals surface area contributed by atoms with Crippen molar-refractivity contribution in [3.63, 3.8) is 0 Å². The van der Waals surface area contributed by atoms with E-state index in [1.165, 1.54) is 0 Å². The van der Waals surface area contributed by atoms with Crippen molar-refractivity contribution in [1.82, 2.24) is 24.4 Å². The Hall–Kier alpha value is -2.82. The van der Waals surface area contributed by atoms with E-state index < -0.39 is 0 Å². The summed E-state index contributed by atoms with van der Waals surface area (Å²) in [4.78, 5) is 16.8. The lowest BCUT2D eigenvalue weighted by molar-refractivity contribution is 0.102. The first kappa shape index (κ1) is 20.5. The molecule has 1 amide bonds. The van der Waals surface area contributed by atoms with Gasteiger partial charge in [-0.2, -0.15) is 9.36 Å². The summed E-state index contributed by atoms with van der Waals surface area (Å²) in [6, 6.07) is 12.3. The van der Waals surface area contributed by atoms with Crippen LogP contribution in [-0.4, -0.2) is 37.4 Å². The van der Waals surface area contributed by atoms with E-state index in [0.29, 0.717) is 44.4 Å². The highest BCUT2D eigenvalue weighted by Crippen LogP contribution is 2.29. The average Bonchev–Trinajstić information content (AvgIpc) is 3.34. The summed E-state index contributed by atoms with van der Waals surface area (Å²) < 4.78 is 12.2. The fraction of sp³-hybridized carbons (Fsp3) is 0.105. The molecule has 2 heterocycles. The van der Waals surface area contributed by atoms with Gasteiger partial charge < -0.3 is 4.74 Å². The van der Waals surface area contributed by atoms with Crippen molar-refractivity contribution < 1.29 is 9.53 Å². The maximum atomic E-state index is 12.4. The Morgan fingerprint density at radius 3 is 2.73 bits per heavy atom. The van der Waals surface area contributed by atoms with E-state index >= 15 is 0 Å². The molecule has 30 heavy (non-hydrogen) atoms. The highest BCUT2D eigenvalue weighted by molar-refractivity contribution is 9.10. The maximum Gasteiger partial charge on any atom is 0.257 e. The number of anilines is 1. The second kappa shape index (κ2) is 8.50. The molecule has 8 nitrogen and oxygen atoms in total. The second-order valence-electron chi connectivity index (χ2n) is 6.14. The molecule has 0 aliphatic rings. The molecule has 0 saturated carbocycles. The largest absolute Gasteiger partial charge is 0.494 e. The number of hydrogen-bond acceptors (Lipinski definition) is 7. The highest BCUT2D eigenvalue weighted by atomic mass is 79.9. The van der Waals surface area contributed by atoms with Crippen molar-refractivity contribution in [3.8, 4) is 23.0 Å². The summed E-state index contributed by atoms with van der Waals surface area (Å²) >= 11 is 10.5. The highest BCUT2D eigenvalue weighted by Gasteiger charge is 2.19. The number of aromatic nitrogens is 5. The van der Waals surface area contributed by atoms with E-state index in [1.807, 2.05) is 6.92 Å². The van der Waals surface area contributed by atoms with Gasteiger partial charge in [-0.25, -0.2) is 4.68 Å². The van der Waals surface area contributed by atoms with Crippen molar-refractivity contribution in [2.75, 3.05) is 12.4 Å². The fourth-order valence-electron chi connectivity index (χ4n) is 2.73. The fourth-order valence-corrected chi connectivity index (χ4v) is 3.73. The summed E-state index contributed by atoms with van der Waals surface area (Å²) in [5, 5.41) is 12.1. The zero-order chi connectivity index (χ0) is 21.3. The number of benzene rings is 2. The van der Waals surface area contributed by atoms with Crippen LogP contribution in [0.4, 0.5) is 5.13 Å². The van der Waals surface area contributed by atoms with Crippen LogP contribution in [0.25, 0.3) is 17.2 Å². The molecule has 0 aliphatic heterocycles. The van der Waals surface area contributed by atoms with Gasteiger partial charge in [0.2, 0.25) is 5.13 Å². The van der Waals surface area contributed by atoms with Gasteiger partial charge in [0.15, 0.2) is 11.5 Å². The van der Waals surface area contributed by atoms with Crippen LogP contribution in [0.1, 0.15) is 16.1 Å². The molecule has 0 spiro atoms. The predicted molar refractivity (Wildman–Crippen MR) is 119 cm³/mol. The number of carbonyl (C=O) groups excluding carboxylic acids is 1. The van der Waals surface area contributed by atoms with Crippen molar-refractivity contribution in [2.45, 2.75) is 6.92 Å². The van der Waals surface area contributed by atoms with E-state index in [2.05, 4.69) is 40.9 Å². The van der Waals surface area contributed by atoms with Crippen LogP contribution >= 0.6 is 39.1 Å². The molecule has 4 aromatic rings. The minimum Gasteiger partial charge on any atom is -0.494 e. The summed E-state index contributed by atoms with van der Waals surface area (Å²) in [5.74, 6) is 0.706. The summed E-state index contributed by atoms with van der Waals surface area (Å²) in [7, 11) is 1.57. The van der Waals surface area contributed by atoms with E-state index in [9.17, 15) is 4.79 Å². The van der Waals surface area contributed by atoms with Crippen LogP contribution in [0.15, 0.2) is 46.9 Å². The first-order valence-corrected chi connectivity index (χ1v) is 10.6. The first-order valence-electron chi connectivity index (χ1n) is 8.63. The molecule has 0 saturated heterocycles. The van der Waals surface area contributed by atoms with Gasteiger partial charge in [-0.05, 0) is 49.4 Å². The number of rotatable bonds is 5. The van der Waals surface area contributed by atoms with E-state index in [1.54, 1.807) is 54.3 Å². The van der Waals surface area contributed by atoms with Crippen LogP contribution in [0.5, 0.6) is 5.75 Å². The van der Waals surface area contributed by atoms with Gasteiger partial charge in [-0.3, -0.25) is 10.1 Å². The Morgan fingerprint density at radius 1 is 1.23 bits per heavy atom. The molecule has 152 valence electrons. The molecule has 0 atom stereocenters. The smallest absolute Gasteiger partial charge is 0.257 e. The van der Waals surface area contributed by atoms with E-state index in [0.717, 1.165) is 16.0 Å². The van der Waals surface area contributed by atoms with Gasteiger partial charge in [0, 0.05) is 26.6 Å². The topological polar surface area (TPSA) is 94.8 Å². The zero-order valence-corrected chi connectivity index (χ0v) is 18.9. The standard InChI is InChI=1S/C19H14BrClN6O2S/c1-10-16(24-26-27(10)14-9-13(21)7-8-15(14)29-2)17-22-19(30-25-17)23-18(28)11-3-5-12(20)6-4-11/h3-9H,1-2H3,(H,22,23,25,28). The molecule has 1 N–H and O–H groups in total. The third-order valence-electron chi connectivity index (χ3n) is 4.23. The molecule has 0 bridgehead atoms. The summed E-state index contributed by atoms with van der Waals surface area (Å²) in [6.07, 6.45) is 0. The number of nitrogens with one attached hydrogen (secondary N) is 1. The van der Waals surface area contributed by atoms with Crippen LogP contribution in [-0.2, 0) is 0 Å². The minimum atomic E-state index is -0.269. The average molecular weight is 506 g/mol. The monoisotopic (exact) mass is 504 g/mol. The summed E-state index contributed by atoms with van der Waals surface area (Å²) in [5.41, 5.74) is 2.38. The van der Waals surface area contributed by atoms with Gasteiger partial charge >= 0.3 is 0 Å². The molecule has 0 aliphatic carbocycles. The van der Waals surface area contributed by atoms with Gasteiger partial charge in [0.05, 0.1) is 12.8 Å². The quantitative estimate of drug-likeness (QED) is 0.420. The van der Waals surface area contributed by atoms with Gasteiger partial charge in [-0.1, -0.05) is 32.7 Å². The minimum absolute atomic E-state index is 0.269. The Balaban J connectivity index is 1.60. The number of carbonyl (C=O) groups is 1. The van der Waals surface area contributed by atoms with Gasteiger partial charge in [0.1, 0.15) is 11.4 Å². The van der Waals surface area contributed by atoms with Crippen LogP contribution in [0.3, 0.4) is 0 Å². The van der Waals surface area contributed by atoms with Crippen molar-refractivity contribution in [2.24, 2.45) is 0 Å². The third kappa shape index (κ3) is 4.07. The van der Waals surface area contributed by atoms with Crippen LogP contribution in [0, 0.1) is 6.92 Å². The number of ether oxygens (including phenoxy) is 1. The second-order valence-corrected chi connectivity index (χ2v) is 8.24. The number of methoxy groups -OCH3 is 1. The number of hydrogen-bond donors (Lipinski definition) is 1. The molecule has 0 fully saturated rings. The van der Waals surface area contributed by atoms with Crippen LogP contribution < -0.4 is 10.1 Å². The van der Waals surface area contributed by atoms with Crippen molar-refractivity contribution in [3.05, 3.63) is 63.2 Å². The number of nitrogens with zero attached hydrogens (tertiary/aromatic N) is 5. The molecule has 2 aromatic heterocycles. The Kier molecular flexibility index (Phi) is 5.80. The SMILES string of the molecule is COc1ccc(Cl)cc1-n1nnc(-c2nsc(NC(=O)c3ccc(Br)cc3)n2)c1C. The summed E-state index contributed by atoms with van der Waals surface area (Å²) in [6.45, 7) is 1.84. The molecule has 2 aromatic carbocycles. The molecular formula is C19H14BrClN6O2S. The van der Waals surface area contributed by atoms with E-state index in [-0.39, 0.29) is 5.91 Å². The maximum absolute atomic E-state index is 12.4. The number of halogens is 2. The predicted octanol–water partition coefficient (Wildman–Crippen LogP) is 4.77. The van der Waals surface area contributed by atoms with E-state index in [4.69, 9.17) is 16.3 Å². The lowest BCUT2D eigenvalue weighted by atomic mass is 10.2. The Bertz CT molecular complexity index is 1220.